The van der Waals surface area contributed by atoms with Crippen molar-refractivity contribution in [3.63, 3.8) is 0 Å². The van der Waals surface area contributed by atoms with Gasteiger partial charge in [0.05, 0.1) is 7.11 Å². The second-order valence-corrected chi connectivity index (χ2v) is 8.01. The van der Waals surface area contributed by atoms with Crippen molar-refractivity contribution in [1.29, 1.82) is 0 Å². The number of pyridine rings is 1. The summed E-state index contributed by atoms with van der Waals surface area (Å²) in [6.45, 7) is 3.75. The Morgan fingerprint density at radius 3 is 2.57 bits per heavy atom. The minimum absolute atomic E-state index is 0.0432. The lowest BCUT2D eigenvalue weighted by atomic mass is 9.88. The van der Waals surface area contributed by atoms with E-state index in [9.17, 15) is 9.59 Å². The fourth-order valence-electron chi connectivity index (χ4n) is 4.45. The highest BCUT2D eigenvalue weighted by atomic mass is 16.5. The van der Waals surface area contributed by atoms with Gasteiger partial charge in [-0.1, -0.05) is 19.3 Å². The number of H-pyrrole nitrogens is 1. The van der Waals surface area contributed by atoms with E-state index in [0.717, 1.165) is 61.2 Å². The maximum absolute atomic E-state index is 12.7. The largest absolute Gasteiger partial charge is 0.497 e. The lowest BCUT2D eigenvalue weighted by molar-refractivity contribution is -0.138. The lowest BCUT2D eigenvalue weighted by Crippen LogP contribution is -2.50. The fraction of sp³-hybridized carbons (Fsp3) is 0.545. The van der Waals surface area contributed by atoms with Crippen LogP contribution >= 0.6 is 0 Å². The van der Waals surface area contributed by atoms with Crippen LogP contribution in [0.1, 0.15) is 37.7 Å². The molecule has 6 nitrogen and oxygen atoms in total. The number of carbonyl (C=O) groups excluding carboxylic acids is 1. The highest BCUT2D eigenvalue weighted by Gasteiger charge is 2.28. The maximum Gasteiger partial charge on any atom is 0.252 e. The van der Waals surface area contributed by atoms with Crippen molar-refractivity contribution in [2.24, 2.45) is 5.92 Å². The predicted octanol–water partition coefficient (Wildman–Crippen LogP) is 2.76. The summed E-state index contributed by atoms with van der Waals surface area (Å²) in [4.78, 5) is 32.4. The summed E-state index contributed by atoms with van der Waals surface area (Å²) in [5, 5.41) is 0.972. The average molecular weight is 383 g/mol. The monoisotopic (exact) mass is 383 g/mol. The Hall–Kier alpha value is -2.34. The van der Waals surface area contributed by atoms with E-state index >= 15 is 0 Å². The van der Waals surface area contributed by atoms with E-state index in [4.69, 9.17) is 4.74 Å². The van der Waals surface area contributed by atoms with Gasteiger partial charge >= 0.3 is 0 Å². The molecule has 0 radical (unpaired) electrons. The highest BCUT2D eigenvalue weighted by Crippen LogP contribution is 2.26. The molecular weight excluding hydrogens is 354 g/mol. The average Bonchev–Trinajstić information content (AvgIpc) is 2.74. The van der Waals surface area contributed by atoms with Gasteiger partial charge in [0.25, 0.3) is 5.56 Å². The number of methoxy groups -OCH3 is 1. The van der Waals surface area contributed by atoms with Crippen molar-refractivity contribution in [1.82, 2.24) is 14.8 Å². The van der Waals surface area contributed by atoms with Crippen LogP contribution in [-0.4, -0.2) is 54.0 Å². The Labute approximate surface area is 165 Å². The van der Waals surface area contributed by atoms with Crippen LogP contribution in [0, 0.1) is 5.92 Å². The minimum atomic E-state index is -0.0432. The molecule has 2 fully saturated rings. The highest BCUT2D eigenvalue weighted by molar-refractivity contribution is 5.80. The molecule has 1 saturated carbocycles. The maximum atomic E-state index is 12.7. The molecule has 2 heterocycles. The topological polar surface area (TPSA) is 65.6 Å². The van der Waals surface area contributed by atoms with Gasteiger partial charge in [0, 0.05) is 55.1 Å². The number of nitrogens with zero attached hydrogens (tertiary/aromatic N) is 2. The molecule has 150 valence electrons. The number of fused-ring (bicyclic) bond motifs is 1. The standard InChI is InChI=1S/C22H29N3O3/c1-28-19-7-8-20-17(14-19)13-18(21(26)23-20)15-24-9-11-25(12-10-24)22(27)16-5-3-2-4-6-16/h7-8,13-14,16H,2-6,9-12,15H2,1H3,(H,23,26). The first-order chi connectivity index (χ1) is 13.6. The number of benzene rings is 1. The summed E-state index contributed by atoms with van der Waals surface area (Å²) >= 11 is 0. The summed E-state index contributed by atoms with van der Waals surface area (Å²) in [6, 6.07) is 7.61. The Balaban J connectivity index is 1.39. The number of nitrogens with one attached hydrogen (secondary N) is 1. The van der Waals surface area contributed by atoms with Crippen LogP contribution in [0.15, 0.2) is 29.1 Å². The first-order valence-electron chi connectivity index (χ1n) is 10.3. The van der Waals surface area contributed by atoms with E-state index in [1.54, 1.807) is 7.11 Å². The van der Waals surface area contributed by atoms with E-state index in [2.05, 4.69) is 9.88 Å². The molecule has 28 heavy (non-hydrogen) atoms. The third kappa shape index (κ3) is 4.07. The van der Waals surface area contributed by atoms with E-state index in [1.807, 2.05) is 29.2 Å². The Kier molecular flexibility index (Phi) is 5.67. The second-order valence-electron chi connectivity index (χ2n) is 8.01. The van der Waals surface area contributed by atoms with Crippen LogP contribution in [0.3, 0.4) is 0 Å². The van der Waals surface area contributed by atoms with Crippen molar-refractivity contribution >= 4 is 16.8 Å². The lowest BCUT2D eigenvalue weighted by Gasteiger charge is -2.37. The van der Waals surface area contributed by atoms with Gasteiger partial charge in [-0.05, 0) is 37.1 Å². The number of piperazine rings is 1. The zero-order valence-electron chi connectivity index (χ0n) is 16.6. The van der Waals surface area contributed by atoms with Gasteiger partial charge in [-0.3, -0.25) is 14.5 Å². The predicted molar refractivity (Wildman–Crippen MR) is 110 cm³/mol. The van der Waals surface area contributed by atoms with Crippen molar-refractivity contribution in [3.8, 4) is 5.75 Å². The van der Waals surface area contributed by atoms with Crippen LogP contribution in [-0.2, 0) is 11.3 Å². The molecule has 1 amide bonds. The molecule has 1 aromatic carbocycles. The van der Waals surface area contributed by atoms with E-state index in [-0.39, 0.29) is 11.5 Å². The molecule has 1 aliphatic heterocycles. The molecule has 0 bridgehead atoms. The summed E-state index contributed by atoms with van der Waals surface area (Å²) in [5.74, 6) is 1.36. The van der Waals surface area contributed by atoms with Gasteiger partial charge in [0.2, 0.25) is 5.91 Å². The molecule has 6 heteroatoms. The zero-order valence-corrected chi connectivity index (χ0v) is 16.6. The Morgan fingerprint density at radius 1 is 1.11 bits per heavy atom. The van der Waals surface area contributed by atoms with E-state index < -0.39 is 0 Å². The summed E-state index contributed by atoms with van der Waals surface area (Å²) in [5.41, 5.74) is 1.53. The number of aromatic nitrogens is 1. The number of ether oxygens (including phenoxy) is 1. The van der Waals surface area contributed by atoms with Crippen LogP contribution in [0.5, 0.6) is 5.75 Å². The normalized spacial score (nSPS) is 19.1. The van der Waals surface area contributed by atoms with Gasteiger partial charge in [-0.15, -0.1) is 0 Å². The molecule has 2 aliphatic rings. The Bertz CT molecular complexity index is 894. The number of hydrogen-bond acceptors (Lipinski definition) is 4. The van der Waals surface area contributed by atoms with Crippen molar-refractivity contribution in [2.45, 2.75) is 38.6 Å². The van der Waals surface area contributed by atoms with Gasteiger partial charge in [-0.25, -0.2) is 0 Å². The summed E-state index contributed by atoms with van der Waals surface area (Å²) in [6.07, 6.45) is 5.74. The van der Waals surface area contributed by atoms with Crippen LogP contribution in [0.4, 0.5) is 0 Å². The van der Waals surface area contributed by atoms with Crippen LogP contribution in [0.2, 0.25) is 0 Å². The molecule has 0 spiro atoms. The molecule has 4 rings (SSSR count). The molecule has 0 unspecified atom stereocenters. The summed E-state index contributed by atoms with van der Waals surface area (Å²) < 4.78 is 5.29. The number of carbonyl (C=O) groups is 1. The number of rotatable bonds is 4. The molecule has 1 aliphatic carbocycles. The first-order valence-corrected chi connectivity index (χ1v) is 10.3. The third-order valence-electron chi connectivity index (χ3n) is 6.16. The van der Waals surface area contributed by atoms with Crippen LogP contribution < -0.4 is 10.3 Å². The van der Waals surface area contributed by atoms with Crippen molar-refractivity contribution in [2.75, 3.05) is 33.3 Å². The van der Waals surface area contributed by atoms with Gasteiger partial charge < -0.3 is 14.6 Å². The molecule has 1 saturated heterocycles. The molecule has 1 N–H and O–H groups in total. The van der Waals surface area contributed by atoms with E-state index in [0.29, 0.717) is 12.5 Å². The van der Waals surface area contributed by atoms with Gasteiger partial charge in [-0.2, -0.15) is 0 Å². The third-order valence-corrected chi connectivity index (χ3v) is 6.16. The van der Waals surface area contributed by atoms with Crippen molar-refractivity contribution in [3.05, 3.63) is 40.2 Å². The SMILES string of the molecule is COc1ccc2[nH]c(=O)c(CN3CCN(C(=O)C4CCCCC4)CC3)cc2c1. The summed E-state index contributed by atoms with van der Waals surface area (Å²) in [7, 11) is 1.64. The molecule has 2 aromatic rings. The quantitative estimate of drug-likeness (QED) is 0.882. The molecule has 1 aromatic heterocycles. The van der Waals surface area contributed by atoms with Crippen LogP contribution in [0.25, 0.3) is 10.9 Å². The number of aromatic amines is 1. The minimum Gasteiger partial charge on any atom is -0.497 e. The Morgan fingerprint density at radius 2 is 1.86 bits per heavy atom. The molecule has 0 atom stereocenters. The van der Waals surface area contributed by atoms with Crippen molar-refractivity contribution < 1.29 is 9.53 Å². The van der Waals surface area contributed by atoms with Gasteiger partial charge in [0.1, 0.15) is 5.75 Å². The zero-order chi connectivity index (χ0) is 19.5. The van der Waals surface area contributed by atoms with Gasteiger partial charge in [0.15, 0.2) is 0 Å². The number of hydrogen-bond donors (Lipinski definition) is 1. The molecular formula is C22H29N3O3. The van der Waals surface area contributed by atoms with E-state index in [1.165, 1.54) is 19.3 Å². The fourth-order valence-corrected chi connectivity index (χ4v) is 4.45. The first kappa shape index (κ1) is 19.0. The smallest absolute Gasteiger partial charge is 0.252 e. The number of amides is 1. The second kappa shape index (κ2) is 8.35.